The van der Waals surface area contributed by atoms with Crippen molar-refractivity contribution in [3.63, 3.8) is 0 Å². The Bertz CT molecular complexity index is 3050. The molecule has 0 atom stereocenters. The van der Waals surface area contributed by atoms with E-state index in [4.69, 9.17) is 0 Å². The van der Waals surface area contributed by atoms with Gasteiger partial charge in [0.05, 0.1) is 5.56 Å². The number of aromatic carboxylic acids is 1. The predicted octanol–water partition coefficient (Wildman–Crippen LogP) is 17.0. The number of unbranched alkanes of at least 4 members (excludes halogenated alkanes) is 6. The van der Waals surface area contributed by atoms with Crippen LogP contribution in [-0.4, -0.2) is 11.1 Å². The third-order valence-electron chi connectivity index (χ3n) is 13.1. The smallest absolute Gasteiger partial charge is 0.335 e. The minimum Gasteiger partial charge on any atom is -0.478 e. The van der Waals surface area contributed by atoms with Gasteiger partial charge < -0.3 is 10.0 Å². The van der Waals surface area contributed by atoms with Gasteiger partial charge >= 0.3 is 5.97 Å². The summed E-state index contributed by atoms with van der Waals surface area (Å²) < 4.78 is 0. The molecule has 8 rings (SSSR count). The lowest BCUT2D eigenvalue weighted by Crippen LogP contribution is -2.26. The Kier molecular flexibility index (Phi) is 15.1. The molecule has 5 aromatic carbocycles. The highest BCUT2D eigenvalue weighted by molar-refractivity contribution is 7.16. The number of benzene rings is 5. The summed E-state index contributed by atoms with van der Waals surface area (Å²) in [5.74, 6) is -0.891. The van der Waals surface area contributed by atoms with Crippen LogP contribution in [0, 0.1) is 45.3 Å². The number of nitriles is 4. The fourth-order valence-corrected chi connectivity index (χ4v) is 11.5. The van der Waals surface area contributed by atoms with Crippen LogP contribution < -0.4 is 4.90 Å². The van der Waals surface area contributed by atoms with E-state index in [9.17, 15) is 30.9 Å². The molecule has 2 heterocycles. The number of fused-ring (bicyclic) bond motifs is 3. The zero-order valence-corrected chi connectivity index (χ0v) is 40.5. The van der Waals surface area contributed by atoms with Crippen LogP contribution in [-0.2, 0) is 5.41 Å². The molecule has 7 nitrogen and oxygen atoms in total. The summed E-state index contributed by atoms with van der Waals surface area (Å²) in [5.41, 5.74) is 12.2. The van der Waals surface area contributed by atoms with Gasteiger partial charge in [-0.2, -0.15) is 21.0 Å². The highest BCUT2D eigenvalue weighted by atomic mass is 32.1. The number of allylic oxidation sites excluding steroid dienone is 2. The van der Waals surface area contributed by atoms with Crippen molar-refractivity contribution in [1.82, 2.24) is 0 Å². The maximum absolute atomic E-state index is 12.4. The number of rotatable bonds is 19. The average molecular weight is 938 g/mol. The lowest BCUT2D eigenvalue weighted by Gasteiger charge is -2.33. The van der Waals surface area contributed by atoms with E-state index < -0.39 is 5.97 Å². The molecule has 0 bridgehead atoms. The van der Waals surface area contributed by atoms with E-state index in [1.54, 1.807) is 18.2 Å². The summed E-state index contributed by atoms with van der Waals surface area (Å²) in [6, 6.07) is 53.8. The number of carboxylic acids is 1. The zero-order chi connectivity index (χ0) is 48.3. The first-order valence-electron chi connectivity index (χ1n) is 23.6. The topological polar surface area (TPSA) is 136 Å². The van der Waals surface area contributed by atoms with Crippen molar-refractivity contribution in [3.8, 4) is 67.4 Å². The first-order chi connectivity index (χ1) is 33.7. The van der Waals surface area contributed by atoms with Gasteiger partial charge in [0.25, 0.3) is 0 Å². The molecule has 0 fully saturated rings. The molecule has 2 aromatic heterocycles. The first-order valence-corrected chi connectivity index (χ1v) is 25.2. The van der Waals surface area contributed by atoms with Crippen molar-refractivity contribution in [3.05, 3.63) is 171 Å². The van der Waals surface area contributed by atoms with Crippen molar-refractivity contribution in [1.29, 1.82) is 21.0 Å². The summed E-state index contributed by atoms with van der Waals surface area (Å²) in [5, 5.41) is 47.3. The fraction of sp³-hybridized carbons (Fsp3) is 0.217. The maximum atomic E-state index is 12.4. The molecular weight excluding hydrogens is 887 g/mol. The number of nitrogens with zero attached hydrogens (tertiary/aromatic N) is 5. The Labute approximate surface area is 413 Å². The Morgan fingerprint density at radius 3 is 1.38 bits per heavy atom. The number of hydrogen-bond acceptors (Lipinski definition) is 8. The molecule has 69 heavy (non-hydrogen) atoms. The van der Waals surface area contributed by atoms with Gasteiger partial charge in [0.2, 0.25) is 0 Å². The van der Waals surface area contributed by atoms with Crippen molar-refractivity contribution >= 4 is 57.9 Å². The van der Waals surface area contributed by atoms with Gasteiger partial charge in [-0.15, -0.1) is 22.7 Å². The Morgan fingerprint density at radius 2 is 0.942 bits per heavy atom. The lowest BCUT2D eigenvalue weighted by molar-refractivity contribution is 0.0696. The molecule has 0 amide bonds. The normalized spacial score (nSPS) is 11.8. The molecule has 0 aliphatic heterocycles. The summed E-state index contributed by atoms with van der Waals surface area (Å²) >= 11 is 3.05. The van der Waals surface area contributed by atoms with Crippen LogP contribution in [0.2, 0.25) is 0 Å². The zero-order valence-electron chi connectivity index (χ0n) is 38.8. The maximum Gasteiger partial charge on any atom is 0.335 e. The second-order valence-corrected chi connectivity index (χ2v) is 19.7. The summed E-state index contributed by atoms with van der Waals surface area (Å²) in [6.45, 7) is 4.48. The predicted molar refractivity (Wildman–Crippen MR) is 282 cm³/mol. The fourth-order valence-electron chi connectivity index (χ4n) is 9.61. The number of anilines is 3. The van der Waals surface area contributed by atoms with Gasteiger partial charge in [-0.3, -0.25) is 0 Å². The van der Waals surface area contributed by atoms with Gasteiger partial charge in [0, 0.05) is 42.0 Å². The van der Waals surface area contributed by atoms with Crippen molar-refractivity contribution in [2.75, 3.05) is 4.90 Å². The van der Waals surface area contributed by atoms with Crippen molar-refractivity contribution in [2.24, 2.45) is 0 Å². The first kappa shape index (κ1) is 47.7. The van der Waals surface area contributed by atoms with Crippen LogP contribution in [0.5, 0.6) is 0 Å². The van der Waals surface area contributed by atoms with Crippen LogP contribution >= 0.6 is 22.7 Å². The van der Waals surface area contributed by atoms with E-state index >= 15 is 0 Å². The second kappa shape index (κ2) is 21.9. The molecular formula is C60H51N5O2S2. The average Bonchev–Trinajstić information content (AvgIpc) is 4.13. The van der Waals surface area contributed by atoms with Gasteiger partial charge in [-0.25, -0.2) is 4.79 Å². The Morgan fingerprint density at radius 1 is 0.522 bits per heavy atom. The summed E-state index contributed by atoms with van der Waals surface area (Å²) in [6.07, 6.45) is 14.3. The number of thiophene rings is 2. The van der Waals surface area contributed by atoms with Crippen LogP contribution in [0.4, 0.5) is 17.1 Å². The molecule has 9 heteroatoms. The molecule has 340 valence electrons. The number of carboxylic acid groups (broad SMARTS) is 1. The van der Waals surface area contributed by atoms with Crippen LogP contribution in [0.15, 0.2) is 145 Å². The molecule has 0 unspecified atom stereocenters. The van der Waals surface area contributed by atoms with E-state index in [0.29, 0.717) is 5.56 Å². The van der Waals surface area contributed by atoms with E-state index in [1.165, 1.54) is 46.6 Å². The summed E-state index contributed by atoms with van der Waals surface area (Å²) in [4.78, 5) is 18.3. The van der Waals surface area contributed by atoms with Gasteiger partial charge in [0.15, 0.2) is 0 Å². The van der Waals surface area contributed by atoms with Crippen molar-refractivity contribution in [2.45, 2.75) is 83.5 Å². The van der Waals surface area contributed by atoms with Gasteiger partial charge in [-0.05, 0) is 148 Å². The number of carbonyl (C=O) groups is 1. The Balaban J connectivity index is 1.16. The third-order valence-corrected chi connectivity index (χ3v) is 15.3. The highest BCUT2D eigenvalue weighted by Crippen LogP contribution is 2.55. The van der Waals surface area contributed by atoms with E-state index in [2.05, 4.69) is 110 Å². The standard InChI is InChI=1S/C60H51N5O2S2/c1-3-5-7-9-31-60(32-10-8-6-4-2)55-35-46(17-27-53(55)54-28-18-47(59(66)67)36-56(54)60)43-11-19-48(20-12-43)65(49-21-13-44(14-22-49)57-29-25-51(68-57)33-41(37-61)38-62)50-23-15-45(16-24-50)58-30-26-52(69-58)34-42(39-63)40-64/h11-30,33-36H,3-10,31-32H2,1-2H3,(H,66,67). The molecule has 1 N–H and O–H groups in total. The monoisotopic (exact) mass is 937 g/mol. The molecule has 0 saturated heterocycles. The highest BCUT2D eigenvalue weighted by Gasteiger charge is 2.43. The SMILES string of the molecule is CCCCCCC1(CCCCCC)c2cc(C(=O)O)ccc2-c2ccc(-c3ccc(N(c4ccc(-c5ccc(C=C(C#N)C#N)s5)cc4)c4ccc(-c5ccc(C=C(C#N)C#N)s5)cc4)cc3)cc21. The largest absolute Gasteiger partial charge is 0.478 e. The molecule has 0 spiro atoms. The molecule has 1 aliphatic carbocycles. The van der Waals surface area contributed by atoms with E-state index in [0.717, 1.165) is 121 Å². The quantitative estimate of drug-likeness (QED) is 0.0630. The Hall–Kier alpha value is -7.79. The van der Waals surface area contributed by atoms with Crippen molar-refractivity contribution < 1.29 is 9.90 Å². The van der Waals surface area contributed by atoms with E-state index in [1.807, 2.05) is 60.7 Å². The molecule has 0 radical (unpaired) electrons. The number of hydrogen-bond donors (Lipinski definition) is 1. The molecule has 0 saturated carbocycles. The third kappa shape index (κ3) is 10.4. The molecule has 1 aliphatic rings. The van der Waals surface area contributed by atoms with Crippen LogP contribution in [0.25, 0.3) is 55.3 Å². The summed E-state index contributed by atoms with van der Waals surface area (Å²) in [7, 11) is 0. The minimum absolute atomic E-state index is 0.0662. The minimum atomic E-state index is -0.891. The lowest BCUT2D eigenvalue weighted by atomic mass is 9.70. The molecule has 7 aromatic rings. The van der Waals surface area contributed by atoms with E-state index in [-0.39, 0.29) is 16.6 Å². The van der Waals surface area contributed by atoms with Gasteiger partial charge in [0.1, 0.15) is 35.4 Å². The van der Waals surface area contributed by atoms with Gasteiger partial charge in [-0.1, -0.05) is 120 Å². The second-order valence-electron chi connectivity index (χ2n) is 17.5. The van der Waals surface area contributed by atoms with Crippen LogP contribution in [0.1, 0.15) is 109 Å². The van der Waals surface area contributed by atoms with Crippen LogP contribution in [0.3, 0.4) is 0 Å².